The predicted octanol–water partition coefficient (Wildman–Crippen LogP) is 3.09. The minimum atomic E-state index is -0.431. The fraction of sp³-hybridized carbons (Fsp3) is 0. The number of nitrogens with two attached hydrogens (primary N) is 1. The monoisotopic (exact) mass is 331 g/mol. The summed E-state index contributed by atoms with van der Waals surface area (Å²) in [5, 5.41) is 2.68. The first-order valence-electron chi connectivity index (χ1n) is 6.23. The van der Waals surface area contributed by atoms with Gasteiger partial charge in [-0.2, -0.15) is 0 Å². The number of nitrogen functional groups attached to an aromatic ring is 1. The van der Waals surface area contributed by atoms with Crippen LogP contribution in [0.25, 0.3) is 10.6 Å². The Morgan fingerprint density at radius 2 is 1.95 bits per heavy atom. The van der Waals surface area contributed by atoms with E-state index in [0.717, 1.165) is 10.6 Å². The maximum Gasteiger partial charge on any atom is 0.278 e. The first-order valence-corrected chi connectivity index (χ1v) is 7.42. The highest BCUT2D eigenvalue weighted by molar-refractivity contribution is 7.19. The molecule has 0 spiro atoms. The molecule has 110 valence electrons. The minimum Gasteiger partial charge on any atom is -0.382 e. The average Bonchev–Trinajstić information content (AvgIpc) is 2.95. The van der Waals surface area contributed by atoms with Gasteiger partial charge < -0.3 is 11.1 Å². The van der Waals surface area contributed by atoms with Crippen LogP contribution in [0.2, 0.25) is 4.34 Å². The molecule has 0 aromatic carbocycles. The summed E-state index contributed by atoms with van der Waals surface area (Å²) in [4.78, 5) is 25.1. The van der Waals surface area contributed by atoms with Crippen LogP contribution in [-0.2, 0) is 0 Å². The molecule has 0 fully saturated rings. The Labute approximate surface area is 135 Å². The van der Waals surface area contributed by atoms with Crippen molar-refractivity contribution in [2.24, 2.45) is 0 Å². The molecule has 1 amide bonds. The van der Waals surface area contributed by atoms with Gasteiger partial charge in [-0.15, -0.1) is 11.3 Å². The van der Waals surface area contributed by atoms with Gasteiger partial charge in [0.25, 0.3) is 5.91 Å². The molecule has 3 aromatic rings. The summed E-state index contributed by atoms with van der Waals surface area (Å²) in [5.41, 5.74) is 7.03. The first-order chi connectivity index (χ1) is 10.6. The lowest BCUT2D eigenvalue weighted by Crippen LogP contribution is -2.16. The quantitative estimate of drug-likeness (QED) is 0.769. The topological polar surface area (TPSA) is 93.8 Å². The second-order valence-corrected chi connectivity index (χ2v) is 6.00. The Balaban J connectivity index is 1.76. The number of carbonyl (C=O) groups is 1. The molecule has 22 heavy (non-hydrogen) atoms. The Morgan fingerprint density at radius 1 is 1.14 bits per heavy atom. The Bertz CT molecular complexity index is 818. The molecule has 3 heterocycles. The van der Waals surface area contributed by atoms with Crippen LogP contribution >= 0.6 is 22.9 Å². The normalized spacial score (nSPS) is 10.4. The summed E-state index contributed by atoms with van der Waals surface area (Å²) in [6.45, 7) is 0. The molecule has 0 unspecified atom stereocenters. The van der Waals surface area contributed by atoms with Crippen molar-refractivity contribution in [1.82, 2.24) is 15.0 Å². The van der Waals surface area contributed by atoms with E-state index in [4.69, 9.17) is 17.3 Å². The summed E-state index contributed by atoms with van der Waals surface area (Å²) in [7, 11) is 0. The zero-order chi connectivity index (χ0) is 15.5. The molecule has 0 atom stereocenters. The number of halogens is 1. The molecule has 0 saturated carbocycles. The Morgan fingerprint density at radius 3 is 2.59 bits per heavy atom. The lowest BCUT2D eigenvalue weighted by Gasteiger charge is -2.06. The first kappa shape index (κ1) is 14.4. The SMILES string of the molecule is Nc1nccnc1C(=O)Nc1ccc(-c2ccc(Cl)s2)nc1. The van der Waals surface area contributed by atoms with Gasteiger partial charge in [0.05, 0.1) is 26.8 Å². The number of hydrogen-bond donors (Lipinski definition) is 2. The summed E-state index contributed by atoms with van der Waals surface area (Å²) < 4.78 is 0.701. The minimum absolute atomic E-state index is 0.0802. The standard InChI is InChI=1S/C14H10ClN5OS/c15-11-4-3-10(22-11)9-2-1-8(7-19-9)20-14(21)12-13(16)18-6-5-17-12/h1-7H,(H2,16,18)(H,20,21). The van der Waals surface area contributed by atoms with Gasteiger partial charge in [0.1, 0.15) is 0 Å². The highest BCUT2D eigenvalue weighted by Crippen LogP contribution is 2.30. The molecular formula is C14H10ClN5OS. The largest absolute Gasteiger partial charge is 0.382 e. The summed E-state index contributed by atoms with van der Waals surface area (Å²) in [6, 6.07) is 7.27. The van der Waals surface area contributed by atoms with Crippen LogP contribution in [0.4, 0.5) is 11.5 Å². The molecule has 3 rings (SSSR count). The zero-order valence-corrected chi connectivity index (χ0v) is 12.7. The number of rotatable bonds is 3. The third kappa shape index (κ3) is 3.05. The lowest BCUT2D eigenvalue weighted by atomic mass is 10.3. The van der Waals surface area contributed by atoms with E-state index in [1.807, 2.05) is 12.1 Å². The van der Waals surface area contributed by atoms with E-state index in [1.165, 1.54) is 23.7 Å². The average molecular weight is 332 g/mol. The summed E-state index contributed by atoms with van der Waals surface area (Å²) in [6.07, 6.45) is 4.40. The van der Waals surface area contributed by atoms with E-state index < -0.39 is 5.91 Å². The van der Waals surface area contributed by atoms with Crippen LogP contribution in [0.5, 0.6) is 0 Å². The van der Waals surface area contributed by atoms with Crippen LogP contribution in [0.1, 0.15) is 10.5 Å². The fourth-order valence-electron chi connectivity index (χ4n) is 1.78. The second-order valence-electron chi connectivity index (χ2n) is 4.28. The molecule has 0 saturated heterocycles. The van der Waals surface area contributed by atoms with Gasteiger partial charge in [-0.3, -0.25) is 9.78 Å². The van der Waals surface area contributed by atoms with E-state index in [0.29, 0.717) is 10.0 Å². The van der Waals surface area contributed by atoms with Crippen molar-refractivity contribution in [1.29, 1.82) is 0 Å². The highest BCUT2D eigenvalue weighted by Gasteiger charge is 2.12. The van der Waals surface area contributed by atoms with E-state index in [-0.39, 0.29) is 11.5 Å². The van der Waals surface area contributed by atoms with Crippen LogP contribution < -0.4 is 11.1 Å². The molecule has 3 aromatic heterocycles. The number of thiophene rings is 1. The molecule has 0 aliphatic carbocycles. The summed E-state index contributed by atoms with van der Waals surface area (Å²) in [5.74, 6) is -0.350. The number of nitrogens with one attached hydrogen (secondary N) is 1. The molecule has 3 N–H and O–H groups in total. The van der Waals surface area contributed by atoms with Crippen LogP contribution in [0.15, 0.2) is 42.9 Å². The number of nitrogens with zero attached hydrogens (tertiary/aromatic N) is 3. The number of aromatic nitrogens is 3. The molecule has 0 aliphatic heterocycles. The van der Waals surface area contributed by atoms with Crippen molar-refractivity contribution >= 4 is 40.4 Å². The van der Waals surface area contributed by atoms with E-state index >= 15 is 0 Å². The van der Waals surface area contributed by atoms with Crippen molar-refractivity contribution < 1.29 is 4.79 Å². The maximum absolute atomic E-state index is 12.1. The number of amides is 1. The van der Waals surface area contributed by atoms with Crippen LogP contribution in [0, 0.1) is 0 Å². The van der Waals surface area contributed by atoms with Crippen molar-refractivity contribution in [3.63, 3.8) is 0 Å². The molecule has 0 aliphatic rings. The van der Waals surface area contributed by atoms with Gasteiger partial charge in [-0.05, 0) is 24.3 Å². The van der Waals surface area contributed by atoms with E-state index in [9.17, 15) is 4.79 Å². The molecule has 0 bridgehead atoms. The van der Waals surface area contributed by atoms with E-state index in [2.05, 4.69) is 20.3 Å². The van der Waals surface area contributed by atoms with Gasteiger partial charge in [-0.1, -0.05) is 11.6 Å². The number of anilines is 2. The van der Waals surface area contributed by atoms with Gasteiger partial charge in [0.15, 0.2) is 11.5 Å². The summed E-state index contributed by atoms with van der Waals surface area (Å²) >= 11 is 7.34. The van der Waals surface area contributed by atoms with Crippen LogP contribution in [-0.4, -0.2) is 20.9 Å². The molecule has 8 heteroatoms. The maximum atomic E-state index is 12.1. The number of pyridine rings is 1. The molecule has 0 radical (unpaired) electrons. The second kappa shape index (κ2) is 6.08. The Kier molecular flexibility index (Phi) is 3.99. The van der Waals surface area contributed by atoms with E-state index in [1.54, 1.807) is 18.3 Å². The fourth-order valence-corrected chi connectivity index (χ4v) is 2.80. The van der Waals surface area contributed by atoms with Crippen molar-refractivity contribution in [3.05, 3.63) is 52.9 Å². The third-order valence-electron chi connectivity index (χ3n) is 2.79. The van der Waals surface area contributed by atoms with Crippen molar-refractivity contribution in [2.75, 3.05) is 11.1 Å². The zero-order valence-electron chi connectivity index (χ0n) is 11.2. The van der Waals surface area contributed by atoms with Gasteiger partial charge in [0, 0.05) is 12.4 Å². The molecular weight excluding hydrogens is 322 g/mol. The number of carbonyl (C=O) groups excluding carboxylic acids is 1. The highest BCUT2D eigenvalue weighted by atomic mass is 35.5. The smallest absolute Gasteiger partial charge is 0.278 e. The van der Waals surface area contributed by atoms with Crippen molar-refractivity contribution in [3.8, 4) is 10.6 Å². The van der Waals surface area contributed by atoms with Crippen LogP contribution in [0.3, 0.4) is 0 Å². The Hall–Kier alpha value is -2.51. The van der Waals surface area contributed by atoms with Gasteiger partial charge in [-0.25, -0.2) is 9.97 Å². The lowest BCUT2D eigenvalue weighted by molar-refractivity contribution is 0.102. The molecule has 6 nitrogen and oxygen atoms in total. The van der Waals surface area contributed by atoms with Gasteiger partial charge >= 0.3 is 0 Å². The predicted molar refractivity (Wildman–Crippen MR) is 87.0 cm³/mol. The van der Waals surface area contributed by atoms with Crippen molar-refractivity contribution in [2.45, 2.75) is 0 Å². The number of hydrogen-bond acceptors (Lipinski definition) is 6. The van der Waals surface area contributed by atoms with Gasteiger partial charge in [0.2, 0.25) is 0 Å². The third-order valence-corrected chi connectivity index (χ3v) is 4.04.